The monoisotopic (exact) mass is 273 g/mol. The van der Waals surface area contributed by atoms with Crippen molar-refractivity contribution in [3.63, 3.8) is 0 Å². The molecular weight excluding hydrogens is 250 g/mol. The maximum atomic E-state index is 6.27. The highest BCUT2D eigenvalue weighted by Gasteiger charge is 2.14. The average molecular weight is 273 g/mol. The molecule has 1 atom stereocenters. The van der Waals surface area contributed by atoms with Gasteiger partial charge in [0.2, 0.25) is 0 Å². The van der Waals surface area contributed by atoms with Crippen molar-refractivity contribution in [1.82, 2.24) is 0 Å². The Morgan fingerprint density at radius 1 is 1.11 bits per heavy atom. The van der Waals surface area contributed by atoms with Crippen LogP contribution in [0.25, 0.3) is 0 Å². The highest BCUT2D eigenvalue weighted by Crippen LogP contribution is 2.24. The van der Waals surface area contributed by atoms with E-state index in [1.807, 2.05) is 0 Å². The minimum atomic E-state index is 0.133. The van der Waals surface area contributed by atoms with E-state index in [9.17, 15) is 0 Å². The van der Waals surface area contributed by atoms with Crippen LogP contribution in [-0.4, -0.2) is 0 Å². The average Bonchev–Trinajstić information content (AvgIpc) is 2.88. The highest BCUT2D eigenvalue weighted by molar-refractivity contribution is 7.07. The van der Waals surface area contributed by atoms with Crippen LogP contribution < -0.4 is 5.73 Å². The largest absolute Gasteiger partial charge is 0.324 e. The van der Waals surface area contributed by atoms with Gasteiger partial charge < -0.3 is 5.73 Å². The first-order chi connectivity index (χ1) is 8.97. The Morgan fingerprint density at radius 3 is 2.32 bits per heavy atom. The number of rotatable bonds is 4. The number of benzene rings is 1. The summed E-state index contributed by atoms with van der Waals surface area (Å²) in [6.07, 6.45) is 2.07. The van der Waals surface area contributed by atoms with Gasteiger partial charge in [-0.25, -0.2) is 0 Å². The summed E-state index contributed by atoms with van der Waals surface area (Å²) in [6, 6.07) is 11.1. The third-order valence-electron chi connectivity index (χ3n) is 3.53. The van der Waals surface area contributed by atoms with E-state index in [-0.39, 0.29) is 11.5 Å². The first-order valence-electron chi connectivity index (χ1n) is 6.84. The van der Waals surface area contributed by atoms with Crippen molar-refractivity contribution in [1.29, 1.82) is 0 Å². The van der Waals surface area contributed by atoms with Gasteiger partial charge in [0.15, 0.2) is 0 Å². The Morgan fingerprint density at radius 2 is 1.79 bits per heavy atom. The Labute approximate surface area is 120 Å². The lowest BCUT2D eigenvalue weighted by Crippen LogP contribution is -2.14. The molecule has 0 bridgehead atoms. The summed E-state index contributed by atoms with van der Waals surface area (Å²) < 4.78 is 0. The van der Waals surface area contributed by atoms with Crippen LogP contribution in [0.3, 0.4) is 0 Å². The number of aryl methyl sites for hydroxylation is 1. The number of nitrogens with two attached hydrogens (primary N) is 1. The van der Waals surface area contributed by atoms with E-state index in [1.54, 1.807) is 11.3 Å². The van der Waals surface area contributed by atoms with Crippen LogP contribution in [0.5, 0.6) is 0 Å². The first kappa shape index (κ1) is 14.3. The Kier molecular flexibility index (Phi) is 4.43. The molecule has 1 nitrogen and oxygen atoms in total. The highest BCUT2D eigenvalue weighted by atomic mass is 32.1. The molecule has 2 heteroatoms. The number of hydrogen-bond acceptors (Lipinski definition) is 2. The van der Waals surface area contributed by atoms with Gasteiger partial charge >= 0.3 is 0 Å². The van der Waals surface area contributed by atoms with E-state index in [1.165, 1.54) is 16.7 Å². The predicted molar refractivity (Wildman–Crippen MR) is 84.7 cm³/mol. The van der Waals surface area contributed by atoms with E-state index >= 15 is 0 Å². The fourth-order valence-corrected chi connectivity index (χ4v) is 2.86. The van der Waals surface area contributed by atoms with Crippen molar-refractivity contribution in [3.05, 3.63) is 57.8 Å². The third kappa shape index (κ3) is 3.92. The lowest BCUT2D eigenvalue weighted by atomic mass is 9.86. The zero-order valence-corrected chi connectivity index (χ0v) is 12.8. The molecule has 0 aliphatic rings. The van der Waals surface area contributed by atoms with Gasteiger partial charge in [-0.1, -0.05) is 45.0 Å². The molecule has 19 heavy (non-hydrogen) atoms. The molecular formula is C17H23NS. The van der Waals surface area contributed by atoms with Crippen LogP contribution in [0.2, 0.25) is 0 Å². The van der Waals surface area contributed by atoms with E-state index in [0.29, 0.717) is 0 Å². The zero-order chi connectivity index (χ0) is 13.9. The van der Waals surface area contributed by atoms with Crippen LogP contribution in [0.4, 0.5) is 0 Å². The molecule has 0 saturated heterocycles. The predicted octanol–water partition coefficient (Wildman–Crippen LogP) is 4.68. The van der Waals surface area contributed by atoms with Gasteiger partial charge in [0.25, 0.3) is 0 Å². The molecule has 2 aromatic rings. The number of hydrogen-bond donors (Lipinski definition) is 1. The molecule has 102 valence electrons. The van der Waals surface area contributed by atoms with Crippen molar-refractivity contribution >= 4 is 11.3 Å². The minimum absolute atomic E-state index is 0.133. The van der Waals surface area contributed by atoms with Crippen molar-refractivity contribution < 1.29 is 0 Å². The molecule has 1 heterocycles. The minimum Gasteiger partial charge on any atom is -0.324 e. The van der Waals surface area contributed by atoms with Gasteiger partial charge in [-0.05, 0) is 51.8 Å². The molecule has 2 rings (SSSR count). The van der Waals surface area contributed by atoms with E-state index in [2.05, 4.69) is 61.9 Å². The molecule has 0 aliphatic carbocycles. The van der Waals surface area contributed by atoms with Crippen LogP contribution in [-0.2, 0) is 11.8 Å². The summed E-state index contributed by atoms with van der Waals surface area (Å²) in [5.41, 5.74) is 10.5. The van der Waals surface area contributed by atoms with Gasteiger partial charge in [-0.2, -0.15) is 11.3 Å². The van der Waals surface area contributed by atoms with Gasteiger partial charge in [0.05, 0.1) is 0 Å². The lowest BCUT2D eigenvalue weighted by Gasteiger charge is -2.20. The zero-order valence-electron chi connectivity index (χ0n) is 12.0. The summed E-state index contributed by atoms with van der Waals surface area (Å²) in [5.74, 6) is 0. The number of thiophene rings is 1. The summed E-state index contributed by atoms with van der Waals surface area (Å²) in [4.78, 5) is 0. The van der Waals surface area contributed by atoms with E-state index < -0.39 is 0 Å². The first-order valence-corrected chi connectivity index (χ1v) is 7.78. The fourth-order valence-electron chi connectivity index (χ4n) is 2.15. The fraction of sp³-hybridized carbons (Fsp3) is 0.412. The molecule has 2 N–H and O–H groups in total. The second-order valence-electron chi connectivity index (χ2n) is 6.15. The second kappa shape index (κ2) is 5.89. The maximum Gasteiger partial charge on any atom is 0.0298 e. The molecule has 0 fully saturated rings. The summed E-state index contributed by atoms with van der Waals surface area (Å²) >= 11 is 1.75. The Hall–Kier alpha value is -1.12. The molecule has 0 saturated carbocycles. The third-order valence-corrected chi connectivity index (χ3v) is 4.26. The molecule has 1 unspecified atom stereocenters. The van der Waals surface area contributed by atoms with E-state index in [0.717, 1.165) is 12.8 Å². The van der Waals surface area contributed by atoms with E-state index in [4.69, 9.17) is 5.73 Å². The van der Waals surface area contributed by atoms with Crippen LogP contribution in [0.15, 0.2) is 41.1 Å². The Balaban J connectivity index is 1.97. The SMILES string of the molecule is CC(C)(C)c1ccc(C(N)CCc2ccsc2)cc1. The summed E-state index contributed by atoms with van der Waals surface area (Å²) in [5, 5.41) is 4.33. The molecule has 0 spiro atoms. The van der Waals surface area contributed by atoms with Gasteiger partial charge in [-0.3, -0.25) is 0 Å². The van der Waals surface area contributed by atoms with Crippen molar-refractivity contribution in [2.45, 2.75) is 45.1 Å². The molecule has 0 amide bonds. The summed E-state index contributed by atoms with van der Waals surface area (Å²) in [7, 11) is 0. The lowest BCUT2D eigenvalue weighted by molar-refractivity contribution is 0.588. The van der Waals surface area contributed by atoms with Crippen LogP contribution in [0, 0.1) is 0 Å². The molecule has 1 aromatic carbocycles. The summed E-state index contributed by atoms with van der Waals surface area (Å²) in [6.45, 7) is 6.70. The normalized spacial score (nSPS) is 13.5. The standard InChI is InChI=1S/C17H23NS/c1-17(2,3)15-7-5-14(6-8-15)16(18)9-4-13-10-11-19-12-13/h5-8,10-12,16H,4,9,18H2,1-3H3. The topological polar surface area (TPSA) is 26.0 Å². The Bertz CT molecular complexity index is 491. The molecule has 0 radical (unpaired) electrons. The smallest absolute Gasteiger partial charge is 0.0298 e. The second-order valence-corrected chi connectivity index (χ2v) is 6.93. The van der Waals surface area contributed by atoms with Gasteiger partial charge in [-0.15, -0.1) is 0 Å². The van der Waals surface area contributed by atoms with Crippen molar-refractivity contribution in [2.24, 2.45) is 5.73 Å². The van der Waals surface area contributed by atoms with Crippen LogP contribution >= 0.6 is 11.3 Å². The maximum absolute atomic E-state index is 6.27. The van der Waals surface area contributed by atoms with Gasteiger partial charge in [0.1, 0.15) is 0 Å². The quantitative estimate of drug-likeness (QED) is 0.860. The van der Waals surface area contributed by atoms with Gasteiger partial charge in [0, 0.05) is 6.04 Å². The van der Waals surface area contributed by atoms with Crippen molar-refractivity contribution in [2.75, 3.05) is 0 Å². The van der Waals surface area contributed by atoms with Crippen molar-refractivity contribution in [3.8, 4) is 0 Å². The van der Waals surface area contributed by atoms with Crippen LogP contribution in [0.1, 0.15) is 49.9 Å². The molecule has 0 aliphatic heterocycles. The molecule has 1 aromatic heterocycles.